The van der Waals surface area contributed by atoms with Gasteiger partial charge in [-0.05, 0) is 30.3 Å². The summed E-state index contributed by atoms with van der Waals surface area (Å²) in [6.45, 7) is 0. The van der Waals surface area contributed by atoms with Crippen molar-refractivity contribution in [3.63, 3.8) is 0 Å². The van der Waals surface area contributed by atoms with Gasteiger partial charge in [-0.1, -0.05) is 41.4 Å². The number of hydrogen-bond donors (Lipinski definition) is 0. The molecule has 98 valence electrons. The summed E-state index contributed by atoms with van der Waals surface area (Å²) in [5, 5.41) is 1.55. The number of sulfone groups is 1. The van der Waals surface area contributed by atoms with Crippen molar-refractivity contribution in [2.24, 2.45) is 0 Å². The lowest BCUT2D eigenvalue weighted by Crippen LogP contribution is -1.97. The van der Waals surface area contributed by atoms with E-state index < -0.39 is 9.84 Å². The molecule has 0 atom stereocenters. The van der Waals surface area contributed by atoms with Crippen LogP contribution in [0.25, 0.3) is 6.08 Å². The van der Waals surface area contributed by atoms with E-state index in [0.29, 0.717) is 10.8 Å². The number of pyridine rings is 1. The average Bonchev–Trinajstić information content (AvgIpc) is 2.37. The Bertz CT molecular complexity index is 727. The highest BCUT2D eigenvalue weighted by molar-refractivity contribution is 7.94. The highest BCUT2D eigenvalue weighted by Crippen LogP contribution is 2.22. The van der Waals surface area contributed by atoms with Crippen molar-refractivity contribution in [1.29, 1.82) is 0 Å². The van der Waals surface area contributed by atoms with E-state index in [9.17, 15) is 8.42 Å². The van der Waals surface area contributed by atoms with Gasteiger partial charge in [-0.15, -0.1) is 0 Å². The van der Waals surface area contributed by atoms with Gasteiger partial charge in [-0.3, -0.25) is 0 Å². The van der Waals surface area contributed by atoms with E-state index in [-0.39, 0.29) is 9.92 Å². The van der Waals surface area contributed by atoms with Gasteiger partial charge in [-0.2, -0.15) is 0 Å². The Hall–Kier alpha value is -1.36. The van der Waals surface area contributed by atoms with E-state index in [1.807, 2.05) is 0 Å². The van der Waals surface area contributed by atoms with E-state index in [0.717, 1.165) is 5.41 Å². The van der Waals surface area contributed by atoms with Gasteiger partial charge in [-0.25, -0.2) is 13.4 Å². The van der Waals surface area contributed by atoms with Gasteiger partial charge < -0.3 is 0 Å². The lowest BCUT2D eigenvalue weighted by atomic mass is 10.3. The van der Waals surface area contributed by atoms with Crippen molar-refractivity contribution in [3.05, 3.63) is 63.7 Å². The first-order valence-electron chi connectivity index (χ1n) is 5.29. The first-order valence-corrected chi connectivity index (χ1v) is 7.59. The number of rotatable bonds is 3. The van der Waals surface area contributed by atoms with Crippen LogP contribution in [-0.4, -0.2) is 13.4 Å². The molecule has 6 heteroatoms. The summed E-state index contributed by atoms with van der Waals surface area (Å²) < 4.78 is 24.2. The van der Waals surface area contributed by atoms with Crippen LogP contribution < -0.4 is 0 Å². The highest BCUT2D eigenvalue weighted by atomic mass is 35.5. The zero-order valence-electron chi connectivity index (χ0n) is 9.62. The molecule has 3 nitrogen and oxygen atoms in total. The van der Waals surface area contributed by atoms with Gasteiger partial charge in [0.05, 0.1) is 15.6 Å². The Morgan fingerprint density at radius 1 is 1.00 bits per heavy atom. The van der Waals surface area contributed by atoms with Gasteiger partial charge in [0.25, 0.3) is 0 Å². The Morgan fingerprint density at radius 2 is 1.74 bits per heavy atom. The molecule has 0 unspecified atom stereocenters. The smallest absolute Gasteiger partial charge is 0.201 e. The van der Waals surface area contributed by atoms with Crippen molar-refractivity contribution in [2.75, 3.05) is 0 Å². The molecule has 0 saturated carbocycles. The summed E-state index contributed by atoms with van der Waals surface area (Å²) in [5.41, 5.74) is 0.461. The molecule has 0 radical (unpaired) electrons. The molecule has 0 spiro atoms. The molecule has 1 heterocycles. The van der Waals surface area contributed by atoms with Crippen molar-refractivity contribution < 1.29 is 8.42 Å². The molecule has 19 heavy (non-hydrogen) atoms. The largest absolute Gasteiger partial charge is 0.237 e. The lowest BCUT2D eigenvalue weighted by Gasteiger charge is -2.01. The molecule has 1 aromatic heterocycles. The number of aromatic nitrogens is 1. The monoisotopic (exact) mass is 313 g/mol. The van der Waals surface area contributed by atoms with Crippen molar-refractivity contribution >= 4 is 39.1 Å². The average molecular weight is 314 g/mol. The fraction of sp³-hybridized carbons (Fsp3) is 0. The van der Waals surface area contributed by atoms with E-state index in [2.05, 4.69) is 4.98 Å². The van der Waals surface area contributed by atoms with Gasteiger partial charge >= 0.3 is 0 Å². The highest BCUT2D eigenvalue weighted by Gasteiger charge is 2.13. The van der Waals surface area contributed by atoms with Crippen molar-refractivity contribution in [3.8, 4) is 0 Å². The van der Waals surface area contributed by atoms with Crippen LogP contribution in [0.1, 0.15) is 5.69 Å². The van der Waals surface area contributed by atoms with Gasteiger partial charge in [0.2, 0.25) is 9.84 Å². The van der Waals surface area contributed by atoms with Gasteiger partial charge in [0.15, 0.2) is 0 Å². The second-order valence-corrected chi connectivity index (χ2v) is 6.26. The van der Waals surface area contributed by atoms with Crippen molar-refractivity contribution in [1.82, 2.24) is 4.98 Å². The molecule has 1 aromatic carbocycles. The van der Waals surface area contributed by atoms with E-state index in [1.54, 1.807) is 30.3 Å². The van der Waals surface area contributed by atoms with Crippen LogP contribution in [-0.2, 0) is 9.84 Å². The van der Waals surface area contributed by atoms with Crippen molar-refractivity contribution in [2.45, 2.75) is 4.90 Å². The van der Waals surface area contributed by atoms with Crippen LogP contribution in [0.5, 0.6) is 0 Å². The molecule has 0 bridgehead atoms. The molecule has 2 rings (SSSR count). The molecule has 0 saturated heterocycles. The molecule has 0 fully saturated rings. The van der Waals surface area contributed by atoms with E-state index >= 15 is 0 Å². The SMILES string of the molecule is O=S(=O)(/C=C\c1cccc(Cl)n1)c1ccccc1Cl. The van der Waals surface area contributed by atoms with Crippen LogP contribution in [0, 0.1) is 0 Å². The summed E-state index contributed by atoms with van der Waals surface area (Å²) in [4.78, 5) is 4.04. The second kappa shape index (κ2) is 5.74. The van der Waals surface area contributed by atoms with Crippen LogP contribution in [0.2, 0.25) is 10.2 Å². The fourth-order valence-corrected chi connectivity index (χ4v) is 3.13. The minimum Gasteiger partial charge on any atom is -0.237 e. The first kappa shape index (κ1) is 14.1. The number of benzene rings is 1. The molecular weight excluding hydrogens is 305 g/mol. The minimum atomic E-state index is -3.60. The first-order chi connectivity index (χ1) is 8.99. The van der Waals surface area contributed by atoms with Crippen LogP contribution in [0.4, 0.5) is 0 Å². The standard InChI is InChI=1S/C13H9Cl2NO2S/c14-11-5-1-2-6-12(11)19(17,18)9-8-10-4-3-7-13(15)16-10/h1-9H/b9-8-. The third-order valence-corrected chi connectivity index (χ3v) is 4.41. The predicted octanol–water partition coefficient (Wildman–Crippen LogP) is 3.83. The van der Waals surface area contributed by atoms with E-state index in [1.165, 1.54) is 18.2 Å². The molecule has 2 aromatic rings. The Kier molecular flexibility index (Phi) is 4.24. The van der Waals surface area contributed by atoms with Crippen LogP contribution >= 0.6 is 23.2 Å². The number of nitrogens with zero attached hydrogens (tertiary/aromatic N) is 1. The third-order valence-electron chi connectivity index (χ3n) is 2.30. The Labute approximate surface area is 121 Å². The Morgan fingerprint density at radius 3 is 2.42 bits per heavy atom. The van der Waals surface area contributed by atoms with Crippen LogP contribution in [0.3, 0.4) is 0 Å². The number of hydrogen-bond acceptors (Lipinski definition) is 3. The minimum absolute atomic E-state index is 0.0648. The molecule has 0 aliphatic rings. The van der Waals surface area contributed by atoms with Crippen LogP contribution in [0.15, 0.2) is 52.8 Å². The molecule has 0 aliphatic heterocycles. The topological polar surface area (TPSA) is 47.0 Å². The summed E-state index contributed by atoms with van der Waals surface area (Å²) >= 11 is 11.6. The Balaban J connectivity index is 2.35. The quantitative estimate of drug-likeness (QED) is 0.809. The molecule has 0 aliphatic carbocycles. The maximum atomic E-state index is 12.1. The molecule has 0 N–H and O–H groups in total. The molecule has 0 amide bonds. The molecular formula is C13H9Cl2NO2S. The predicted molar refractivity (Wildman–Crippen MR) is 76.9 cm³/mol. The fourth-order valence-electron chi connectivity index (χ4n) is 1.42. The number of halogens is 2. The lowest BCUT2D eigenvalue weighted by molar-refractivity contribution is 0.605. The summed E-state index contributed by atoms with van der Waals surface area (Å²) in [6.07, 6.45) is 1.38. The summed E-state index contributed by atoms with van der Waals surface area (Å²) in [6, 6.07) is 11.2. The normalized spacial score (nSPS) is 11.9. The third kappa shape index (κ3) is 3.56. The second-order valence-electron chi connectivity index (χ2n) is 3.66. The summed E-state index contributed by atoms with van der Waals surface area (Å²) in [5.74, 6) is 0. The van der Waals surface area contributed by atoms with Gasteiger partial charge in [0, 0.05) is 5.41 Å². The maximum Gasteiger partial charge on any atom is 0.201 e. The zero-order valence-corrected chi connectivity index (χ0v) is 12.0. The maximum absolute atomic E-state index is 12.1. The van der Waals surface area contributed by atoms with Gasteiger partial charge in [0.1, 0.15) is 5.15 Å². The zero-order chi connectivity index (χ0) is 13.9. The van der Waals surface area contributed by atoms with E-state index in [4.69, 9.17) is 23.2 Å². The summed E-state index contributed by atoms with van der Waals surface area (Å²) in [7, 11) is -3.60.